The van der Waals surface area contributed by atoms with E-state index in [0.717, 1.165) is 17.5 Å². The Balaban J connectivity index is 1.90. The molecular weight excluding hydrogens is 251 g/mol. The van der Waals surface area contributed by atoms with Gasteiger partial charge in [-0.2, -0.15) is 5.26 Å². The molecule has 1 N–H and O–H groups in total. The summed E-state index contributed by atoms with van der Waals surface area (Å²) in [4.78, 5) is 0. The van der Waals surface area contributed by atoms with Crippen LogP contribution >= 0.6 is 0 Å². The molecule has 20 heavy (non-hydrogen) atoms. The molecule has 0 radical (unpaired) electrons. The van der Waals surface area contributed by atoms with Gasteiger partial charge in [-0.15, -0.1) is 0 Å². The van der Waals surface area contributed by atoms with Gasteiger partial charge in [0.25, 0.3) is 0 Å². The molecule has 102 valence electrons. The highest BCUT2D eigenvalue weighted by Gasteiger charge is 2.08. The van der Waals surface area contributed by atoms with E-state index in [0.29, 0.717) is 6.54 Å². The van der Waals surface area contributed by atoms with Crippen molar-refractivity contribution in [3.63, 3.8) is 0 Å². The molecule has 0 aliphatic carbocycles. The smallest absolute Gasteiger partial charge is 0.123 e. The van der Waals surface area contributed by atoms with Crippen molar-refractivity contribution in [1.82, 2.24) is 5.32 Å². The van der Waals surface area contributed by atoms with Crippen LogP contribution in [0.2, 0.25) is 0 Å². The molecule has 0 aliphatic rings. The molecule has 1 atom stereocenters. The summed E-state index contributed by atoms with van der Waals surface area (Å²) in [6.45, 7) is 2.70. The van der Waals surface area contributed by atoms with Gasteiger partial charge in [-0.25, -0.2) is 4.39 Å². The second kappa shape index (κ2) is 6.83. The Kier molecular flexibility index (Phi) is 4.86. The van der Waals surface area contributed by atoms with Crippen LogP contribution < -0.4 is 5.32 Å². The lowest BCUT2D eigenvalue weighted by Gasteiger charge is -2.12. The van der Waals surface area contributed by atoms with Gasteiger partial charge in [-0.3, -0.25) is 5.32 Å². The molecule has 0 fully saturated rings. The van der Waals surface area contributed by atoms with Crippen molar-refractivity contribution in [2.24, 2.45) is 0 Å². The highest BCUT2D eigenvalue weighted by atomic mass is 19.1. The molecule has 0 aliphatic heterocycles. The third kappa shape index (κ3) is 3.91. The van der Waals surface area contributed by atoms with E-state index in [9.17, 15) is 9.65 Å². The number of rotatable bonds is 5. The third-order valence-corrected chi connectivity index (χ3v) is 3.22. The van der Waals surface area contributed by atoms with Crippen molar-refractivity contribution >= 4 is 0 Å². The lowest BCUT2D eigenvalue weighted by molar-refractivity contribution is 0.620. The summed E-state index contributed by atoms with van der Waals surface area (Å²) in [5.41, 5.74) is 3.20. The van der Waals surface area contributed by atoms with Crippen LogP contribution in [-0.2, 0) is 6.42 Å². The summed E-state index contributed by atoms with van der Waals surface area (Å²) in [6, 6.07) is 16.3. The zero-order valence-corrected chi connectivity index (χ0v) is 11.4. The lowest BCUT2D eigenvalue weighted by Crippen LogP contribution is -2.22. The lowest BCUT2D eigenvalue weighted by atomic mass is 10.1. The van der Waals surface area contributed by atoms with Crippen molar-refractivity contribution in [1.29, 1.82) is 5.26 Å². The predicted octanol–water partition coefficient (Wildman–Crippen LogP) is 3.53. The van der Waals surface area contributed by atoms with E-state index < -0.39 is 0 Å². The molecule has 0 saturated heterocycles. The van der Waals surface area contributed by atoms with E-state index in [-0.39, 0.29) is 11.9 Å². The van der Waals surface area contributed by atoms with Crippen LogP contribution in [-0.4, -0.2) is 6.54 Å². The molecule has 1 unspecified atom stereocenters. The van der Waals surface area contributed by atoms with Crippen LogP contribution in [0.3, 0.4) is 0 Å². The fraction of sp³-hybridized carbons (Fsp3) is 0.235. The largest absolute Gasteiger partial charge is 0.298 e. The van der Waals surface area contributed by atoms with E-state index in [1.807, 2.05) is 31.2 Å². The summed E-state index contributed by atoms with van der Waals surface area (Å²) >= 11 is 0. The molecule has 0 saturated carbocycles. The third-order valence-electron chi connectivity index (χ3n) is 3.22. The Morgan fingerprint density at radius 1 is 1.10 bits per heavy atom. The van der Waals surface area contributed by atoms with Gasteiger partial charge in [0, 0.05) is 6.54 Å². The number of aryl methyl sites for hydroxylation is 1. The van der Waals surface area contributed by atoms with E-state index in [4.69, 9.17) is 0 Å². The van der Waals surface area contributed by atoms with E-state index >= 15 is 0 Å². The van der Waals surface area contributed by atoms with Gasteiger partial charge < -0.3 is 0 Å². The van der Waals surface area contributed by atoms with Crippen LogP contribution in [0.25, 0.3) is 0 Å². The maximum absolute atomic E-state index is 12.8. The van der Waals surface area contributed by atoms with Gasteiger partial charge in [0.2, 0.25) is 0 Å². The van der Waals surface area contributed by atoms with Crippen LogP contribution in [0.15, 0.2) is 48.5 Å². The quantitative estimate of drug-likeness (QED) is 0.900. The van der Waals surface area contributed by atoms with E-state index in [1.165, 1.54) is 17.7 Å². The van der Waals surface area contributed by atoms with Gasteiger partial charge in [-0.1, -0.05) is 42.0 Å². The SMILES string of the molecule is Cc1ccc(C(C#N)NCCc2ccc(F)cc2)cc1. The van der Waals surface area contributed by atoms with Crippen LogP contribution in [0, 0.1) is 24.1 Å². The molecule has 0 spiro atoms. The molecule has 0 aromatic heterocycles. The van der Waals surface area contributed by atoms with Gasteiger partial charge in [0.05, 0.1) is 6.07 Å². The van der Waals surface area contributed by atoms with Gasteiger partial charge >= 0.3 is 0 Å². The van der Waals surface area contributed by atoms with Gasteiger partial charge in [0.15, 0.2) is 0 Å². The summed E-state index contributed by atoms with van der Waals surface area (Å²) in [5, 5.41) is 12.4. The van der Waals surface area contributed by atoms with E-state index in [2.05, 4.69) is 11.4 Å². The standard InChI is InChI=1S/C17H17FN2/c1-13-2-6-15(7-3-13)17(12-19)20-11-10-14-4-8-16(18)9-5-14/h2-9,17,20H,10-11H2,1H3. The number of benzene rings is 2. The van der Waals surface area contributed by atoms with Crippen molar-refractivity contribution in [2.45, 2.75) is 19.4 Å². The predicted molar refractivity (Wildman–Crippen MR) is 77.6 cm³/mol. The van der Waals surface area contributed by atoms with Crippen LogP contribution in [0.4, 0.5) is 4.39 Å². The Morgan fingerprint density at radius 3 is 2.35 bits per heavy atom. The highest BCUT2D eigenvalue weighted by molar-refractivity contribution is 5.27. The summed E-state index contributed by atoms with van der Waals surface area (Å²) in [7, 11) is 0. The van der Waals surface area contributed by atoms with Gasteiger partial charge in [-0.05, 0) is 36.6 Å². The van der Waals surface area contributed by atoms with Crippen molar-refractivity contribution < 1.29 is 4.39 Å². The average molecular weight is 268 g/mol. The maximum Gasteiger partial charge on any atom is 0.123 e. The van der Waals surface area contributed by atoms with Gasteiger partial charge in [0.1, 0.15) is 11.9 Å². The Morgan fingerprint density at radius 2 is 1.75 bits per heavy atom. The average Bonchev–Trinajstić information content (AvgIpc) is 2.47. The number of hydrogen-bond donors (Lipinski definition) is 1. The molecule has 2 nitrogen and oxygen atoms in total. The number of halogens is 1. The number of nitriles is 1. The van der Waals surface area contributed by atoms with E-state index in [1.54, 1.807) is 12.1 Å². The topological polar surface area (TPSA) is 35.8 Å². The first kappa shape index (κ1) is 14.2. The molecule has 2 rings (SSSR count). The molecule has 0 amide bonds. The molecule has 2 aromatic carbocycles. The fourth-order valence-electron chi connectivity index (χ4n) is 2.01. The zero-order chi connectivity index (χ0) is 14.4. The maximum atomic E-state index is 12.8. The van der Waals surface area contributed by atoms with Crippen molar-refractivity contribution in [3.8, 4) is 6.07 Å². The number of hydrogen-bond acceptors (Lipinski definition) is 2. The second-order valence-electron chi connectivity index (χ2n) is 4.80. The minimum absolute atomic E-state index is 0.226. The fourth-order valence-corrected chi connectivity index (χ4v) is 2.01. The second-order valence-corrected chi connectivity index (χ2v) is 4.80. The van der Waals surface area contributed by atoms with Crippen LogP contribution in [0.1, 0.15) is 22.7 Å². The molecule has 0 bridgehead atoms. The highest BCUT2D eigenvalue weighted by Crippen LogP contribution is 2.13. The zero-order valence-electron chi connectivity index (χ0n) is 11.4. The molecule has 0 heterocycles. The Bertz CT molecular complexity index is 582. The first-order valence-electron chi connectivity index (χ1n) is 6.63. The first-order valence-corrected chi connectivity index (χ1v) is 6.63. The first-order chi connectivity index (χ1) is 9.69. The summed E-state index contributed by atoms with van der Waals surface area (Å²) < 4.78 is 12.8. The molecule has 3 heteroatoms. The monoisotopic (exact) mass is 268 g/mol. The summed E-state index contributed by atoms with van der Waals surface area (Å²) in [6.07, 6.45) is 0.768. The normalized spacial score (nSPS) is 11.8. The van der Waals surface area contributed by atoms with Crippen molar-refractivity contribution in [3.05, 3.63) is 71.0 Å². The number of nitrogens with zero attached hydrogens (tertiary/aromatic N) is 1. The number of nitrogens with one attached hydrogen (secondary N) is 1. The summed E-state index contributed by atoms with van der Waals surface area (Å²) in [5.74, 6) is -0.226. The van der Waals surface area contributed by atoms with Crippen LogP contribution in [0.5, 0.6) is 0 Å². The Hall–Kier alpha value is -2.18. The molecule has 2 aromatic rings. The minimum Gasteiger partial charge on any atom is -0.298 e. The molecular formula is C17H17FN2. The minimum atomic E-state index is -0.309. The van der Waals surface area contributed by atoms with Crippen molar-refractivity contribution in [2.75, 3.05) is 6.54 Å². The Labute approximate surface area is 118 Å².